The Balaban J connectivity index is 1.94. The topological polar surface area (TPSA) is 111 Å². The smallest absolute Gasteiger partial charge is 0.269 e. The normalized spacial score (nSPS) is 9.88. The van der Waals surface area contributed by atoms with Gasteiger partial charge in [-0.25, -0.2) is 0 Å². The molecule has 2 aromatic rings. The van der Waals surface area contributed by atoms with Crippen LogP contribution in [0.4, 0.5) is 17.1 Å². The Bertz CT molecular complexity index is 759. The Morgan fingerprint density at radius 2 is 1.75 bits per heavy atom. The summed E-state index contributed by atoms with van der Waals surface area (Å²) in [6, 6.07) is 12.2. The number of amides is 2. The summed E-state index contributed by atoms with van der Waals surface area (Å²) in [5.41, 5.74) is 0.825. The number of hydrogen-bond donors (Lipinski definition) is 2. The predicted octanol–water partition coefficient (Wildman–Crippen LogP) is 2.57. The molecule has 24 heavy (non-hydrogen) atoms. The maximum Gasteiger partial charge on any atom is 0.269 e. The van der Waals surface area contributed by atoms with Gasteiger partial charge in [-0.05, 0) is 24.3 Å². The van der Waals surface area contributed by atoms with E-state index < -0.39 is 10.8 Å². The Hall–Kier alpha value is -3.42. The molecule has 8 heteroatoms. The Morgan fingerprint density at radius 3 is 2.38 bits per heavy atom. The zero-order valence-corrected chi connectivity index (χ0v) is 12.8. The molecule has 0 unspecified atom stereocenters. The summed E-state index contributed by atoms with van der Waals surface area (Å²) in [6.45, 7) is 1.10. The molecular weight excluding hydrogens is 314 g/mol. The molecule has 0 bridgehead atoms. The van der Waals surface area contributed by atoms with Crippen LogP contribution >= 0.6 is 0 Å². The molecule has 8 nitrogen and oxygen atoms in total. The molecule has 124 valence electrons. The lowest BCUT2D eigenvalue weighted by Crippen LogP contribution is -2.20. The summed E-state index contributed by atoms with van der Waals surface area (Å²) < 4.78 is 5.40. The van der Waals surface area contributed by atoms with Crippen LogP contribution in [0.3, 0.4) is 0 Å². The van der Waals surface area contributed by atoms with Crippen molar-refractivity contribution in [3.05, 3.63) is 58.6 Å². The van der Waals surface area contributed by atoms with E-state index in [1.807, 2.05) is 0 Å². The van der Waals surface area contributed by atoms with Gasteiger partial charge in [0.15, 0.2) is 6.61 Å². The first kappa shape index (κ1) is 16.9. The number of carbonyl (C=O) groups is 2. The van der Waals surface area contributed by atoms with Gasteiger partial charge in [-0.2, -0.15) is 0 Å². The molecule has 0 heterocycles. The SMILES string of the molecule is CC(=O)Nc1ccccc1OCC(=O)Nc1ccc([N+](=O)[O-])cc1. The van der Waals surface area contributed by atoms with Crippen molar-refractivity contribution in [1.82, 2.24) is 0 Å². The monoisotopic (exact) mass is 329 g/mol. The quantitative estimate of drug-likeness (QED) is 0.625. The number of nitro groups is 1. The predicted molar refractivity (Wildman–Crippen MR) is 88.0 cm³/mol. The molecule has 0 radical (unpaired) electrons. The number of nitrogens with zero attached hydrogens (tertiary/aromatic N) is 1. The first-order valence-electron chi connectivity index (χ1n) is 6.99. The van der Waals surface area contributed by atoms with Crippen LogP contribution in [0.15, 0.2) is 48.5 Å². The third-order valence-electron chi connectivity index (χ3n) is 2.92. The molecule has 0 fully saturated rings. The van der Waals surface area contributed by atoms with Crippen molar-refractivity contribution in [3.63, 3.8) is 0 Å². The van der Waals surface area contributed by atoms with E-state index in [0.29, 0.717) is 17.1 Å². The second-order valence-corrected chi connectivity index (χ2v) is 4.82. The number of hydrogen-bond acceptors (Lipinski definition) is 5. The average Bonchev–Trinajstić information content (AvgIpc) is 2.54. The molecule has 0 spiro atoms. The van der Waals surface area contributed by atoms with E-state index >= 15 is 0 Å². The molecule has 0 aliphatic carbocycles. The van der Waals surface area contributed by atoms with Crippen molar-refractivity contribution in [3.8, 4) is 5.75 Å². The van der Waals surface area contributed by atoms with E-state index in [2.05, 4.69) is 10.6 Å². The number of para-hydroxylation sites is 2. The largest absolute Gasteiger partial charge is 0.482 e. The van der Waals surface area contributed by atoms with Gasteiger partial charge in [-0.1, -0.05) is 12.1 Å². The highest BCUT2D eigenvalue weighted by atomic mass is 16.6. The van der Waals surface area contributed by atoms with Gasteiger partial charge in [0.25, 0.3) is 11.6 Å². The van der Waals surface area contributed by atoms with Crippen molar-refractivity contribution >= 4 is 28.9 Å². The van der Waals surface area contributed by atoms with E-state index in [1.165, 1.54) is 31.2 Å². The Kier molecular flexibility index (Phi) is 5.45. The molecule has 0 aromatic heterocycles. The highest BCUT2D eigenvalue weighted by Crippen LogP contribution is 2.23. The fraction of sp³-hybridized carbons (Fsp3) is 0.125. The molecule has 2 amide bonds. The van der Waals surface area contributed by atoms with E-state index in [0.717, 1.165) is 0 Å². The van der Waals surface area contributed by atoms with Crippen molar-refractivity contribution in [2.24, 2.45) is 0 Å². The fourth-order valence-corrected chi connectivity index (χ4v) is 1.89. The highest BCUT2D eigenvalue weighted by Gasteiger charge is 2.09. The zero-order valence-electron chi connectivity index (χ0n) is 12.8. The molecule has 2 N–H and O–H groups in total. The van der Waals surface area contributed by atoms with Crippen molar-refractivity contribution in [1.29, 1.82) is 0 Å². The van der Waals surface area contributed by atoms with Crippen molar-refractivity contribution in [2.75, 3.05) is 17.2 Å². The number of non-ortho nitro benzene ring substituents is 1. The summed E-state index contributed by atoms with van der Waals surface area (Å²) in [5.74, 6) is -0.311. The fourth-order valence-electron chi connectivity index (χ4n) is 1.89. The number of rotatable bonds is 6. The van der Waals surface area contributed by atoms with E-state index in [-0.39, 0.29) is 18.2 Å². The van der Waals surface area contributed by atoms with E-state index in [9.17, 15) is 19.7 Å². The van der Waals surface area contributed by atoms with Crippen LogP contribution in [-0.4, -0.2) is 23.3 Å². The summed E-state index contributed by atoms with van der Waals surface area (Å²) in [5, 5.41) is 15.7. The van der Waals surface area contributed by atoms with Gasteiger partial charge in [-0.3, -0.25) is 19.7 Å². The number of benzene rings is 2. The van der Waals surface area contributed by atoms with Gasteiger partial charge in [0.05, 0.1) is 10.6 Å². The first-order chi connectivity index (χ1) is 11.5. The maximum absolute atomic E-state index is 11.9. The molecule has 0 aliphatic heterocycles. The maximum atomic E-state index is 11.9. The average molecular weight is 329 g/mol. The minimum atomic E-state index is -0.520. The van der Waals surface area contributed by atoms with Gasteiger partial charge in [0, 0.05) is 24.7 Å². The molecule has 0 aliphatic rings. The lowest BCUT2D eigenvalue weighted by atomic mass is 10.3. The van der Waals surface area contributed by atoms with Gasteiger partial charge in [-0.15, -0.1) is 0 Å². The second-order valence-electron chi connectivity index (χ2n) is 4.82. The second kappa shape index (κ2) is 7.73. The summed E-state index contributed by atoms with van der Waals surface area (Å²) in [4.78, 5) is 33.1. The van der Waals surface area contributed by atoms with Crippen LogP contribution in [0.1, 0.15) is 6.92 Å². The summed E-state index contributed by atoms with van der Waals surface area (Å²) in [6.07, 6.45) is 0. The van der Waals surface area contributed by atoms with Gasteiger partial charge < -0.3 is 15.4 Å². The molecule has 0 saturated carbocycles. The molecule has 0 saturated heterocycles. The Labute approximate surface area is 137 Å². The highest BCUT2D eigenvalue weighted by molar-refractivity contribution is 5.92. The van der Waals surface area contributed by atoms with Crippen molar-refractivity contribution in [2.45, 2.75) is 6.92 Å². The van der Waals surface area contributed by atoms with Gasteiger partial charge in [0.1, 0.15) is 5.75 Å². The third-order valence-corrected chi connectivity index (χ3v) is 2.92. The number of ether oxygens (including phenoxy) is 1. The van der Waals surface area contributed by atoms with Crippen LogP contribution in [0.25, 0.3) is 0 Å². The van der Waals surface area contributed by atoms with Crippen LogP contribution in [0.2, 0.25) is 0 Å². The lowest BCUT2D eigenvalue weighted by molar-refractivity contribution is -0.384. The van der Waals surface area contributed by atoms with Crippen LogP contribution in [-0.2, 0) is 9.59 Å². The third kappa shape index (κ3) is 4.80. The molecule has 0 atom stereocenters. The van der Waals surface area contributed by atoms with Gasteiger partial charge in [0.2, 0.25) is 5.91 Å². The van der Waals surface area contributed by atoms with Crippen LogP contribution in [0.5, 0.6) is 5.75 Å². The van der Waals surface area contributed by atoms with Gasteiger partial charge >= 0.3 is 0 Å². The van der Waals surface area contributed by atoms with Crippen LogP contribution in [0, 0.1) is 10.1 Å². The summed E-state index contributed by atoms with van der Waals surface area (Å²) in [7, 11) is 0. The lowest BCUT2D eigenvalue weighted by Gasteiger charge is -2.11. The minimum Gasteiger partial charge on any atom is -0.482 e. The standard InChI is InChI=1S/C16H15N3O5/c1-11(20)17-14-4-2-3-5-15(14)24-10-16(21)18-12-6-8-13(9-7-12)19(22)23/h2-9H,10H2,1H3,(H,17,20)(H,18,21). The number of nitrogens with one attached hydrogen (secondary N) is 2. The molecular formula is C16H15N3O5. The molecule has 2 aromatic carbocycles. The van der Waals surface area contributed by atoms with Crippen LogP contribution < -0.4 is 15.4 Å². The summed E-state index contributed by atoms with van der Waals surface area (Å²) >= 11 is 0. The zero-order chi connectivity index (χ0) is 17.5. The van der Waals surface area contributed by atoms with Crippen molar-refractivity contribution < 1.29 is 19.2 Å². The molecule has 2 rings (SSSR count). The number of anilines is 2. The minimum absolute atomic E-state index is 0.0616. The van der Waals surface area contributed by atoms with E-state index in [1.54, 1.807) is 24.3 Å². The number of carbonyl (C=O) groups excluding carboxylic acids is 2. The van der Waals surface area contributed by atoms with E-state index in [4.69, 9.17) is 4.74 Å². The number of nitro benzene ring substituents is 1. The first-order valence-corrected chi connectivity index (χ1v) is 6.99. The Morgan fingerprint density at radius 1 is 1.08 bits per heavy atom.